The Hall–Kier alpha value is -8.39. The maximum atomic E-state index is 14.7. The molecule has 0 aliphatic rings. The maximum absolute atomic E-state index is 14.7. The number of amides is 3. The van der Waals surface area contributed by atoms with Crippen LogP contribution in [0.1, 0.15) is 38.8 Å². The van der Waals surface area contributed by atoms with Crippen LogP contribution in [0, 0.1) is 0 Å². The van der Waals surface area contributed by atoms with Gasteiger partial charge in [-0.3, -0.25) is 14.4 Å². The van der Waals surface area contributed by atoms with Crippen molar-refractivity contribution in [1.82, 2.24) is 16.0 Å². The summed E-state index contributed by atoms with van der Waals surface area (Å²) in [5.41, 5.74) is 10.9. The second-order valence-corrected chi connectivity index (χ2v) is 20.6. The molecule has 12 nitrogen and oxygen atoms in total. The van der Waals surface area contributed by atoms with E-state index in [1.54, 1.807) is 24.3 Å². The van der Waals surface area contributed by atoms with Crippen LogP contribution in [0.2, 0.25) is 0 Å². The van der Waals surface area contributed by atoms with E-state index >= 15 is 0 Å². The first kappa shape index (κ1) is 53.0. The molecule has 0 bridgehead atoms. The van der Waals surface area contributed by atoms with E-state index < -0.39 is 21.0 Å². The lowest BCUT2D eigenvalue weighted by molar-refractivity contribution is -0.120. The molecule has 0 heterocycles. The summed E-state index contributed by atoms with van der Waals surface area (Å²) in [6.45, 7) is 2.72. The average molecular weight is 993 g/mol. The second kappa shape index (κ2) is 28.3. The molecular formula is C58H54N6O6P2. The van der Waals surface area contributed by atoms with E-state index in [9.17, 15) is 23.7 Å². The largest absolute Gasteiger partial charge is 0.462 e. The van der Waals surface area contributed by atoms with Gasteiger partial charge in [0.2, 0.25) is 11.8 Å². The van der Waals surface area contributed by atoms with Gasteiger partial charge in [0, 0.05) is 33.9 Å². The van der Waals surface area contributed by atoms with Gasteiger partial charge in [-0.05, 0) is 59.5 Å². The van der Waals surface area contributed by atoms with Gasteiger partial charge in [-0.1, -0.05) is 224 Å². The van der Waals surface area contributed by atoms with Crippen LogP contribution in [0.25, 0.3) is 10.4 Å². The number of hydrogen-bond donors (Lipinski definition) is 3. The summed E-state index contributed by atoms with van der Waals surface area (Å²) in [6.07, 6.45) is 0. The van der Waals surface area contributed by atoms with E-state index in [-0.39, 0.29) is 36.4 Å². The number of nitrogens with zero attached hydrogens (tertiary/aromatic N) is 3. The van der Waals surface area contributed by atoms with Gasteiger partial charge in [-0.25, -0.2) is 4.79 Å². The first-order chi connectivity index (χ1) is 35.2. The fourth-order valence-corrected chi connectivity index (χ4v) is 12.6. The molecule has 14 heteroatoms. The first-order valence-corrected chi connectivity index (χ1v) is 26.1. The Balaban J connectivity index is 0.000000193. The summed E-state index contributed by atoms with van der Waals surface area (Å²) in [7, 11) is -4.14. The zero-order valence-electron chi connectivity index (χ0n) is 39.7. The molecule has 72 heavy (non-hydrogen) atoms. The highest BCUT2D eigenvalue weighted by molar-refractivity contribution is 7.85. The molecule has 0 aliphatic carbocycles. The minimum absolute atomic E-state index is 0.149. The van der Waals surface area contributed by atoms with E-state index in [1.165, 1.54) is 10.6 Å². The molecular weight excluding hydrogens is 939 g/mol. The molecule has 0 radical (unpaired) electrons. The Kier molecular flexibility index (Phi) is 20.8. The molecule has 0 aromatic heterocycles. The molecule has 0 spiro atoms. The van der Waals surface area contributed by atoms with Gasteiger partial charge in [0.05, 0.1) is 24.3 Å². The SMILES string of the molecule is CCOC(=O)c1ccccc1P(c1ccccc1)c1ccccc1.O=C(CNC(=O)c1ccccc1P(=O)(c1ccccc1)c1ccccc1)NCc1ccccc1.[N-]=[N+]=NCC(=O)NCc1ccccc1. The normalized spacial score (nSPS) is 10.4. The van der Waals surface area contributed by atoms with Crippen LogP contribution in [0.3, 0.4) is 0 Å². The highest BCUT2D eigenvalue weighted by Crippen LogP contribution is 2.43. The first-order valence-electron chi connectivity index (χ1n) is 23.1. The minimum Gasteiger partial charge on any atom is -0.462 e. The van der Waals surface area contributed by atoms with E-state index in [1.807, 2.05) is 189 Å². The van der Waals surface area contributed by atoms with Crippen molar-refractivity contribution < 1.29 is 28.5 Å². The zero-order chi connectivity index (χ0) is 50.8. The van der Waals surface area contributed by atoms with Crippen molar-refractivity contribution >= 4 is 70.6 Å². The van der Waals surface area contributed by atoms with Crippen LogP contribution < -0.4 is 47.8 Å². The number of hydrogen-bond acceptors (Lipinski definition) is 7. The highest BCUT2D eigenvalue weighted by Gasteiger charge is 2.33. The fraction of sp³-hybridized carbons (Fsp3) is 0.103. The number of nitrogens with one attached hydrogen (secondary N) is 3. The summed E-state index contributed by atoms with van der Waals surface area (Å²) < 4.78 is 19.9. The van der Waals surface area contributed by atoms with Gasteiger partial charge in [0.25, 0.3) is 5.91 Å². The molecule has 8 aromatic carbocycles. The number of carbonyl (C=O) groups excluding carboxylic acids is 4. The Morgan fingerprint density at radius 1 is 0.528 bits per heavy atom. The molecule has 0 aliphatic heterocycles. The van der Waals surface area contributed by atoms with Gasteiger partial charge < -0.3 is 25.3 Å². The van der Waals surface area contributed by atoms with Gasteiger partial charge in [-0.2, -0.15) is 0 Å². The zero-order valence-corrected chi connectivity index (χ0v) is 41.4. The van der Waals surface area contributed by atoms with Crippen molar-refractivity contribution in [2.24, 2.45) is 5.11 Å². The standard InChI is InChI=1S/C28H25N2O3P.C21H19O2P.C9H10N4O/c31-27(29-20-22-12-4-1-5-13-22)21-30-28(32)25-18-10-11-19-26(25)34(33,23-14-6-2-7-15-23)24-16-8-3-9-17-24;1-2-23-21(22)19-15-9-10-16-20(19)24(17-11-5-3-6-12-17)18-13-7-4-8-14-18;10-13-12-7-9(14)11-6-8-4-2-1-3-5-8/h1-19H,20-21H2,(H,29,31)(H,30,32);3-16H,2H2,1H3;1-5H,6-7H2,(H,11,14). The molecule has 8 aromatic rings. The van der Waals surface area contributed by atoms with Crippen LogP contribution in [-0.4, -0.2) is 43.4 Å². The van der Waals surface area contributed by atoms with Gasteiger partial charge in [0.15, 0.2) is 7.14 Å². The van der Waals surface area contributed by atoms with Crippen LogP contribution in [0.15, 0.2) is 236 Å². The molecule has 0 saturated carbocycles. The lowest BCUT2D eigenvalue weighted by Gasteiger charge is -2.22. The van der Waals surface area contributed by atoms with Crippen LogP contribution in [0.5, 0.6) is 0 Å². The van der Waals surface area contributed by atoms with E-state index in [0.29, 0.717) is 41.2 Å². The number of benzene rings is 8. The molecule has 0 unspecified atom stereocenters. The monoisotopic (exact) mass is 992 g/mol. The summed E-state index contributed by atoms with van der Waals surface area (Å²) >= 11 is 0. The third-order valence-electron chi connectivity index (χ3n) is 10.7. The quantitative estimate of drug-likeness (QED) is 0.0270. The molecule has 3 N–H and O–H groups in total. The maximum Gasteiger partial charge on any atom is 0.338 e. The van der Waals surface area contributed by atoms with Crippen molar-refractivity contribution in [3.63, 3.8) is 0 Å². The van der Waals surface area contributed by atoms with Crippen molar-refractivity contribution in [3.05, 3.63) is 263 Å². The third-order valence-corrected chi connectivity index (χ3v) is 16.4. The summed E-state index contributed by atoms with van der Waals surface area (Å²) in [5.74, 6) is -1.28. The Morgan fingerprint density at radius 2 is 0.944 bits per heavy atom. The van der Waals surface area contributed by atoms with Crippen LogP contribution in [-0.2, 0) is 32.0 Å². The lowest BCUT2D eigenvalue weighted by atomic mass is 10.2. The van der Waals surface area contributed by atoms with Gasteiger partial charge >= 0.3 is 5.97 Å². The van der Waals surface area contributed by atoms with E-state index in [0.717, 1.165) is 16.4 Å². The van der Waals surface area contributed by atoms with Crippen LogP contribution >= 0.6 is 15.1 Å². The number of esters is 1. The van der Waals surface area contributed by atoms with Crippen molar-refractivity contribution in [1.29, 1.82) is 0 Å². The summed E-state index contributed by atoms with van der Waals surface area (Å²) in [5, 5.41) is 16.4. The molecule has 362 valence electrons. The van der Waals surface area contributed by atoms with Crippen molar-refractivity contribution in [3.8, 4) is 0 Å². The number of carbonyl (C=O) groups is 4. The molecule has 0 saturated heterocycles. The second-order valence-electron chi connectivity index (χ2n) is 15.6. The lowest BCUT2D eigenvalue weighted by Crippen LogP contribution is -2.39. The third kappa shape index (κ3) is 15.3. The molecule has 0 atom stereocenters. The van der Waals surface area contributed by atoms with Gasteiger partial charge in [-0.15, -0.1) is 0 Å². The molecule has 0 fully saturated rings. The van der Waals surface area contributed by atoms with E-state index in [2.05, 4.69) is 50.2 Å². The summed E-state index contributed by atoms with van der Waals surface area (Å²) in [4.78, 5) is 51.4. The topological polar surface area (TPSA) is 179 Å². The highest BCUT2D eigenvalue weighted by atomic mass is 31.2. The Labute approximate surface area is 421 Å². The Morgan fingerprint density at radius 3 is 1.43 bits per heavy atom. The van der Waals surface area contributed by atoms with Gasteiger partial charge in [0.1, 0.15) is 6.54 Å². The van der Waals surface area contributed by atoms with E-state index in [4.69, 9.17) is 10.3 Å². The van der Waals surface area contributed by atoms with Crippen LogP contribution in [0.4, 0.5) is 0 Å². The van der Waals surface area contributed by atoms with Crippen molar-refractivity contribution in [2.45, 2.75) is 20.0 Å². The fourth-order valence-electron chi connectivity index (χ4n) is 7.34. The number of ether oxygens (including phenoxy) is 1. The summed E-state index contributed by atoms with van der Waals surface area (Å²) in [6, 6.07) is 72.8. The minimum atomic E-state index is -3.33. The predicted molar refractivity (Wildman–Crippen MR) is 290 cm³/mol. The average Bonchev–Trinajstić information content (AvgIpc) is 3.45. The smallest absolute Gasteiger partial charge is 0.338 e. The van der Waals surface area contributed by atoms with Crippen molar-refractivity contribution in [2.75, 3.05) is 19.7 Å². The Bertz CT molecular complexity index is 2990. The number of azide groups is 1. The molecule has 8 rings (SSSR count). The molecule has 3 amide bonds. The number of rotatable bonds is 17. The predicted octanol–water partition coefficient (Wildman–Crippen LogP) is 8.61.